The average molecular weight is 442 g/mol. The van der Waals surface area contributed by atoms with Crippen molar-refractivity contribution in [2.24, 2.45) is 0 Å². The summed E-state index contributed by atoms with van der Waals surface area (Å²) >= 11 is 0. The number of anilines is 1. The number of ether oxygens (including phenoxy) is 2. The van der Waals surface area contributed by atoms with Crippen molar-refractivity contribution in [2.75, 3.05) is 31.2 Å². The van der Waals surface area contributed by atoms with E-state index in [0.29, 0.717) is 62.0 Å². The van der Waals surface area contributed by atoms with Gasteiger partial charge in [0.2, 0.25) is 0 Å². The van der Waals surface area contributed by atoms with Gasteiger partial charge >= 0.3 is 6.18 Å². The number of aromatic nitrogens is 3. The summed E-state index contributed by atoms with van der Waals surface area (Å²) in [6.07, 6.45) is 0.229. The number of pyridine rings is 1. The molecule has 0 aliphatic carbocycles. The first kappa shape index (κ1) is 20.8. The van der Waals surface area contributed by atoms with E-state index in [-0.39, 0.29) is 0 Å². The van der Waals surface area contributed by atoms with Crippen molar-refractivity contribution >= 4 is 5.82 Å². The molecule has 32 heavy (non-hydrogen) atoms. The second kappa shape index (κ2) is 8.14. The minimum Gasteiger partial charge on any atom is -0.356 e. The minimum atomic E-state index is -4.43. The quantitative estimate of drug-likeness (QED) is 0.592. The lowest BCUT2D eigenvalue weighted by Gasteiger charge is -2.38. The number of hydrogen-bond donors (Lipinski definition) is 0. The zero-order valence-electron chi connectivity index (χ0n) is 17.2. The Labute approximate surface area is 183 Å². The van der Waals surface area contributed by atoms with E-state index in [2.05, 4.69) is 14.9 Å². The van der Waals surface area contributed by atoms with Gasteiger partial charge in [-0.3, -0.25) is 4.98 Å². The van der Waals surface area contributed by atoms with Crippen LogP contribution in [0.5, 0.6) is 0 Å². The molecule has 0 saturated carbocycles. The van der Waals surface area contributed by atoms with E-state index in [4.69, 9.17) is 14.5 Å². The van der Waals surface area contributed by atoms with E-state index in [9.17, 15) is 13.2 Å². The van der Waals surface area contributed by atoms with Gasteiger partial charge in [0.25, 0.3) is 0 Å². The van der Waals surface area contributed by atoms with Crippen LogP contribution in [0.3, 0.4) is 0 Å². The van der Waals surface area contributed by atoms with Gasteiger partial charge in [-0.15, -0.1) is 0 Å². The zero-order chi connectivity index (χ0) is 22.2. The van der Waals surface area contributed by atoms with Gasteiger partial charge in [-0.1, -0.05) is 12.1 Å². The topological polar surface area (TPSA) is 60.4 Å². The molecule has 0 N–H and O–H groups in total. The molecule has 2 fully saturated rings. The molecule has 6 nitrogen and oxygen atoms in total. The number of hydrogen-bond acceptors (Lipinski definition) is 6. The lowest BCUT2D eigenvalue weighted by atomic mass is 10.0. The summed E-state index contributed by atoms with van der Waals surface area (Å²) < 4.78 is 51.4. The highest BCUT2D eigenvalue weighted by Gasteiger charge is 2.40. The highest BCUT2D eigenvalue weighted by molar-refractivity contribution is 5.68. The van der Waals surface area contributed by atoms with Crippen LogP contribution in [0.4, 0.5) is 19.0 Å². The number of piperidine rings is 1. The number of rotatable bonds is 3. The lowest BCUT2D eigenvalue weighted by molar-refractivity contribution is -0.169. The number of nitrogens with zero attached hydrogens (tertiary/aromatic N) is 4. The van der Waals surface area contributed by atoms with E-state index in [1.807, 2.05) is 0 Å². The van der Waals surface area contributed by atoms with E-state index < -0.39 is 17.5 Å². The van der Waals surface area contributed by atoms with Gasteiger partial charge in [-0.25, -0.2) is 9.97 Å². The normalized spacial score (nSPS) is 18.3. The van der Waals surface area contributed by atoms with Crippen molar-refractivity contribution in [3.05, 3.63) is 60.4 Å². The molecule has 2 aliphatic rings. The molecule has 2 saturated heterocycles. The Balaban J connectivity index is 1.53. The van der Waals surface area contributed by atoms with Crippen LogP contribution < -0.4 is 4.90 Å². The van der Waals surface area contributed by atoms with Gasteiger partial charge in [-0.2, -0.15) is 13.2 Å². The Morgan fingerprint density at radius 3 is 2.28 bits per heavy atom. The number of alkyl halides is 3. The summed E-state index contributed by atoms with van der Waals surface area (Å²) in [6.45, 7) is 2.52. The van der Waals surface area contributed by atoms with Gasteiger partial charge in [0.05, 0.1) is 24.5 Å². The van der Waals surface area contributed by atoms with E-state index in [0.717, 1.165) is 17.7 Å². The van der Waals surface area contributed by atoms with E-state index in [1.54, 1.807) is 36.7 Å². The standard InChI is InChI=1S/C23H21F3N4O2/c24-23(25,26)18-3-1-2-17(14-18)19-15-20(29-21(28-19)16-4-8-27-9-5-16)30-10-6-22(7-11-30)31-12-13-32-22/h1-5,8-9,14-15H,6-7,10-13H2. The molecule has 5 rings (SSSR count). The van der Waals surface area contributed by atoms with Crippen LogP contribution in [0.2, 0.25) is 0 Å². The van der Waals surface area contributed by atoms with Gasteiger partial charge in [0, 0.05) is 55.5 Å². The number of benzene rings is 1. The van der Waals surface area contributed by atoms with Crippen LogP contribution in [-0.2, 0) is 15.7 Å². The van der Waals surface area contributed by atoms with Crippen molar-refractivity contribution in [1.82, 2.24) is 15.0 Å². The van der Waals surface area contributed by atoms with Gasteiger partial charge in [0.1, 0.15) is 5.82 Å². The highest BCUT2D eigenvalue weighted by atomic mass is 19.4. The fourth-order valence-electron chi connectivity index (χ4n) is 4.09. The molecule has 166 valence electrons. The third kappa shape index (κ3) is 4.18. The number of halogens is 3. The Morgan fingerprint density at radius 1 is 0.875 bits per heavy atom. The molecule has 0 amide bonds. The first-order valence-electron chi connectivity index (χ1n) is 10.4. The molecule has 4 heterocycles. The van der Waals surface area contributed by atoms with Gasteiger partial charge in [0.15, 0.2) is 11.6 Å². The summed E-state index contributed by atoms with van der Waals surface area (Å²) in [5.41, 5.74) is 0.846. The molecular formula is C23H21F3N4O2. The molecular weight excluding hydrogens is 421 g/mol. The third-order valence-electron chi connectivity index (χ3n) is 5.80. The third-order valence-corrected chi connectivity index (χ3v) is 5.80. The SMILES string of the molecule is FC(F)(F)c1cccc(-c2cc(N3CCC4(CC3)OCCO4)nc(-c3ccncc3)n2)c1. The second-order valence-corrected chi connectivity index (χ2v) is 7.84. The maximum atomic E-state index is 13.3. The van der Waals surface area contributed by atoms with Crippen molar-refractivity contribution in [1.29, 1.82) is 0 Å². The maximum Gasteiger partial charge on any atom is 0.416 e. The van der Waals surface area contributed by atoms with Crippen LogP contribution in [0.25, 0.3) is 22.6 Å². The summed E-state index contributed by atoms with van der Waals surface area (Å²) in [5.74, 6) is 0.569. The summed E-state index contributed by atoms with van der Waals surface area (Å²) in [6, 6.07) is 10.5. The van der Waals surface area contributed by atoms with Crippen molar-refractivity contribution in [2.45, 2.75) is 24.8 Å². The van der Waals surface area contributed by atoms with Crippen molar-refractivity contribution in [3.8, 4) is 22.6 Å². The fourth-order valence-corrected chi connectivity index (χ4v) is 4.09. The van der Waals surface area contributed by atoms with Crippen molar-refractivity contribution in [3.63, 3.8) is 0 Å². The van der Waals surface area contributed by atoms with Gasteiger partial charge < -0.3 is 14.4 Å². The Morgan fingerprint density at radius 2 is 1.59 bits per heavy atom. The molecule has 9 heteroatoms. The average Bonchev–Trinajstić information content (AvgIpc) is 3.27. The Kier molecular flexibility index (Phi) is 5.30. The monoisotopic (exact) mass is 442 g/mol. The summed E-state index contributed by atoms with van der Waals surface area (Å²) in [4.78, 5) is 15.4. The highest BCUT2D eigenvalue weighted by Crippen LogP contribution is 2.35. The Bertz CT molecular complexity index is 1090. The molecule has 1 aromatic carbocycles. The molecule has 2 aromatic heterocycles. The Hall–Kier alpha value is -3.04. The van der Waals surface area contributed by atoms with Gasteiger partial charge in [-0.05, 0) is 24.3 Å². The molecule has 0 bridgehead atoms. The molecule has 0 unspecified atom stereocenters. The van der Waals surface area contributed by atoms with Crippen LogP contribution in [0.15, 0.2) is 54.9 Å². The minimum absolute atomic E-state index is 0.384. The van der Waals surface area contributed by atoms with Crippen LogP contribution >= 0.6 is 0 Å². The zero-order valence-corrected chi connectivity index (χ0v) is 17.2. The first-order valence-corrected chi connectivity index (χ1v) is 10.4. The summed E-state index contributed by atoms with van der Waals surface area (Å²) in [5, 5.41) is 0. The van der Waals surface area contributed by atoms with Crippen LogP contribution in [0.1, 0.15) is 18.4 Å². The maximum absolute atomic E-state index is 13.3. The lowest BCUT2D eigenvalue weighted by Crippen LogP contribution is -2.45. The summed E-state index contributed by atoms with van der Waals surface area (Å²) in [7, 11) is 0. The molecule has 3 aromatic rings. The van der Waals surface area contributed by atoms with E-state index in [1.165, 1.54) is 6.07 Å². The van der Waals surface area contributed by atoms with Crippen molar-refractivity contribution < 1.29 is 22.6 Å². The fraction of sp³-hybridized carbons (Fsp3) is 0.348. The van der Waals surface area contributed by atoms with Crippen LogP contribution in [-0.4, -0.2) is 47.0 Å². The second-order valence-electron chi connectivity index (χ2n) is 7.84. The predicted molar refractivity (Wildman–Crippen MR) is 112 cm³/mol. The molecule has 1 spiro atoms. The van der Waals surface area contributed by atoms with E-state index >= 15 is 0 Å². The molecule has 0 radical (unpaired) electrons. The van der Waals surface area contributed by atoms with Crippen LogP contribution in [0, 0.1) is 0 Å². The molecule has 2 aliphatic heterocycles. The smallest absolute Gasteiger partial charge is 0.356 e. The predicted octanol–water partition coefficient (Wildman–Crippen LogP) is 4.57. The molecule has 0 atom stereocenters. The first-order chi connectivity index (χ1) is 15.4. The largest absolute Gasteiger partial charge is 0.416 e.